The van der Waals surface area contributed by atoms with E-state index in [-0.39, 0.29) is 36.1 Å². The van der Waals surface area contributed by atoms with Crippen LogP contribution in [0, 0.1) is 11.8 Å². The van der Waals surface area contributed by atoms with Crippen molar-refractivity contribution in [2.75, 3.05) is 14.2 Å². The molecule has 0 aliphatic carbocycles. The van der Waals surface area contributed by atoms with E-state index in [4.69, 9.17) is 14.6 Å². The van der Waals surface area contributed by atoms with E-state index < -0.39 is 11.9 Å². The molecule has 2 heterocycles. The highest BCUT2D eigenvalue weighted by Gasteiger charge is 2.20. The van der Waals surface area contributed by atoms with E-state index in [1.165, 1.54) is 36.5 Å². The Bertz CT molecular complexity index is 1510. The summed E-state index contributed by atoms with van der Waals surface area (Å²) in [5.41, 5.74) is 2.07. The lowest BCUT2D eigenvalue weighted by atomic mass is 9.99. The predicted molar refractivity (Wildman–Crippen MR) is 163 cm³/mol. The van der Waals surface area contributed by atoms with Crippen LogP contribution >= 0.6 is 22.7 Å². The van der Waals surface area contributed by atoms with Crippen LogP contribution in [0.5, 0.6) is 11.5 Å². The molecule has 0 saturated carbocycles. The highest BCUT2D eigenvalue weighted by atomic mass is 32.1. The summed E-state index contributed by atoms with van der Waals surface area (Å²) in [5.74, 6) is -0.664. The van der Waals surface area contributed by atoms with Crippen LogP contribution in [0.3, 0.4) is 0 Å². The highest BCUT2D eigenvalue weighted by molar-refractivity contribution is 7.21. The van der Waals surface area contributed by atoms with E-state index in [9.17, 15) is 19.2 Å². The number of thiophene rings is 2. The van der Waals surface area contributed by atoms with Crippen molar-refractivity contribution < 1.29 is 33.8 Å². The first-order chi connectivity index (χ1) is 19.5. The standard InChI is InChI=1S/C32H34O7S2/c1-17(19(3)33)9-24(34)30-13-22-11-20(26(38-4)15-28(22)40-30)7-6-8-21-12-23-14-31(25(35)10-18(2)32(36)37)41-29(23)16-27(21)39-5/h11-18H,6-10H2,1-5H3,(H,36,37)/t17-,18-/m0/s1. The van der Waals surface area contributed by atoms with Gasteiger partial charge in [-0.2, -0.15) is 0 Å². The Morgan fingerprint density at radius 1 is 0.732 bits per heavy atom. The molecule has 216 valence electrons. The summed E-state index contributed by atoms with van der Waals surface area (Å²) in [6, 6.07) is 11.8. The number of carboxylic acids is 1. The van der Waals surface area contributed by atoms with Crippen molar-refractivity contribution in [2.24, 2.45) is 11.8 Å². The molecule has 41 heavy (non-hydrogen) atoms. The summed E-state index contributed by atoms with van der Waals surface area (Å²) in [6.45, 7) is 4.83. The molecule has 0 aliphatic heterocycles. The maximum Gasteiger partial charge on any atom is 0.306 e. The molecule has 0 amide bonds. The number of hydrogen-bond acceptors (Lipinski definition) is 8. The fraction of sp³-hybridized carbons (Fsp3) is 0.375. The number of aliphatic carboxylic acids is 1. The lowest BCUT2D eigenvalue weighted by molar-refractivity contribution is -0.141. The molecule has 2 aromatic carbocycles. The topological polar surface area (TPSA) is 107 Å². The van der Waals surface area contributed by atoms with Crippen molar-refractivity contribution in [2.45, 2.75) is 52.9 Å². The number of carbonyl (C=O) groups is 4. The zero-order valence-corrected chi connectivity index (χ0v) is 25.5. The molecule has 4 aromatic rings. The number of benzene rings is 2. The number of fused-ring (bicyclic) bond motifs is 2. The smallest absolute Gasteiger partial charge is 0.306 e. The number of carboxylic acid groups (broad SMARTS) is 1. The van der Waals surface area contributed by atoms with Crippen molar-refractivity contribution >= 4 is 66.2 Å². The van der Waals surface area contributed by atoms with Crippen molar-refractivity contribution in [1.29, 1.82) is 0 Å². The maximum absolute atomic E-state index is 12.7. The number of hydrogen-bond donors (Lipinski definition) is 1. The van der Waals surface area contributed by atoms with Crippen molar-refractivity contribution in [3.8, 4) is 11.5 Å². The molecule has 0 bridgehead atoms. The van der Waals surface area contributed by atoms with Gasteiger partial charge in [0.05, 0.1) is 29.9 Å². The largest absolute Gasteiger partial charge is 0.496 e. The fourth-order valence-electron chi connectivity index (χ4n) is 4.73. The van der Waals surface area contributed by atoms with Crippen molar-refractivity contribution in [3.63, 3.8) is 0 Å². The van der Waals surface area contributed by atoms with Crippen molar-refractivity contribution in [1.82, 2.24) is 0 Å². The van der Waals surface area contributed by atoms with Crippen LogP contribution in [0.15, 0.2) is 36.4 Å². The quantitative estimate of drug-likeness (QED) is 0.152. The Balaban J connectivity index is 1.50. The monoisotopic (exact) mass is 594 g/mol. The van der Waals surface area contributed by atoms with E-state index in [1.807, 2.05) is 30.3 Å². The molecule has 7 nitrogen and oxygen atoms in total. The number of rotatable bonds is 14. The Kier molecular flexibility index (Phi) is 9.60. The van der Waals surface area contributed by atoms with E-state index in [0.29, 0.717) is 9.75 Å². The van der Waals surface area contributed by atoms with E-state index >= 15 is 0 Å². The number of methoxy groups -OCH3 is 2. The second-order valence-corrected chi connectivity index (χ2v) is 12.7. The van der Waals surface area contributed by atoms with Gasteiger partial charge in [-0.25, -0.2) is 0 Å². The molecule has 0 unspecified atom stereocenters. The van der Waals surface area contributed by atoms with Gasteiger partial charge < -0.3 is 14.6 Å². The number of ketones is 3. The van der Waals surface area contributed by atoms with Gasteiger partial charge in [0.25, 0.3) is 0 Å². The molecule has 0 spiro atoms. The van der Waals surface area contributed by atoms with Crippen LogP contribution in [0.1, 0.15) is 70.5 Å². The average Bonchev–Trinajstić information content (AvgIpc) is 3.55. The summed E-state index contributed by atoms with van der Waals surface area (Å²) < 4.78 is 13.2. The maximum atomic E-state index is 12.7. The Morgan fingerprint density at radius 3 is 1.56 bits per heavy atom. The minimum Gasteiger partial charge on any atom is -0.496 e. The molecular formula is C32H34O7S2. The van der Waals surface area contributed by atoms with Crippen LogP contribution in [-0.2, 0) is 22.4 Å². The summed E-state index contributed by atoms with van der Waals surface area (Å²) in [6.07, 6.45) is 2.49. The lowest BCUT2D eigenvalue weighted by Crippen LogP contribution is -2.13. The van der Waals surface area contributed by atoms with Gasteiger partial charge in [-0.1, -0.05) is 13.8 Å². The number of ether oxygens (including phenoxy) is 2. The van der Waals surface area contributed by atoms with Gasteiger partial charge in [0.1, 0.15) is 17.3 Å². The summed E-state index contributed by atoms with van der Waals surface area (Å²) in [5, 5.41) is 11.1. The second-order valence-electron chi connectivity index (χ2n) is 10.5. The first kappa shape index (κ1) is 30.4. The molecule has 1 N–H and O–H groups in total. The summed E-state index contributed by atoms with van der Waals surface area (Å²) in [4.78, 5) is 49.3. The number of Topliss-reactive ketones (excluding diaryl/α,β-unsaturated/α-hetero) is 3. The van der Waals surface area contributed by atoms with Crippen LogP contribution in [0.2, 0.25) is 0 Å². The summed E-state index contributed by atoms with van der Waals surface area (Å²) in [7, 11) is 3.27. The van der Waals surface area contributed by atoms with Gasteiger partial charge in [-0.05, 0) is 84.5 Å². The van der Waals surface area contributed by atoms with Crippen molar-refractivity contribution in [3.05, 3.63) is 57.3 Å². The highest BCUT2D eigenvalue weighted by Crippen LogP contribution is 2.36. The van der Waals surface area contributed by atoms with E-state index in [1.54, 1.807) is 21.1 Å². The molecule has 9 heteroatoms. The number of aryl methyl sites for hydroxylation is 2. The first-order valence-corrected chi connectivity index (χ1v) is 15.1. The molecule has 2 aromatic heterocycles. The fourth-order valence-corrected chi connectivity index (χ4v) is 6.78. The predicted octanol–water partition coefficient (Wildman–Crippen LogP) is 7.40. The SMILES string of the molecule is COc1cc2sc(C(=O)C[C@H](C)C(C)=O)cc2cc1CCCc1cc2cc(C(=O)C[C@H](C)C(=O)O)sc2cc1OC. The summed E-state index contributed by atoms with van der Waals surface area (Å²) >= 11 is 2.78. The zero-order chi connectivity index (χ0) is 29.8. The van der Waals surface area contributed by atoms with Gasteiger partial charge in [-0.15, -0.1) is 22.7 Å². The zero-order valence-electron chi connectivity index (χ0n) is 23.9. The molecule has 0 saturated heterocycles. The van der Waals surface area contributed by atoms with E-state index in [2.05, 4.69) is 6.07 Å². The minimum absolute atomic E-state index is 0.0116. The van der Waals surface area contributed by atoms with Gasteiger partial charge in [0.15, 0.2) is 11.6 Å². The molecular weight excluding hydrogens is 560 g/mol. The van der Waals surface area contributed by atoms with E-state index in [0.717, 1.165) is 62.1 Å². The van der Waals surface area contributed by atoms with Crippen LogP contribution in [0.25, 0.3) is 20.2 Å². The van der Waals surface area contributed by atoms with Gasteiger partial charge >= 0.3 is 5.97 Å². The molecule has 0 aliphatic rings. The molecule has 2 atom stereocenters. The first-order valence-electron chi connectivity index (χ1n) is 13.5. The normalized spacial score (nSPS) is 12.8. The van der Waals surface area contributed by atoms with Gasteiger partial charge in [0, 0.05) is 28.2 Å². The van der Waals surface area contributed by atoms with Crippen LogP contribution in [-0.4, -0.2) is 42.6 Å². The Hall–Kier alpha value is -3.56. The lowest BCUT2D eigenvalue weighted by Gasteiger charge is -2.11. The molecule has 4 rings (SSSR count). The Labute approximate surface area is 247 Å². The number of carbonyl (C=O) groups excluding carboxylic acids is 3. The third-order valence-electron chi connectivity index (χ3n) is 7.38. The minimum atomic E-state index is -0.980. The third-order valence-corrected chi connectivity index (χ3v) is 9.66. The second kappa shape index (κ2) is 13.0. The van der Waals surface area contributed by atoms with Crippen LogP contribution in [0.4, 0.5) is 0 Å². The van der Waals surface area contributed by atoms with Gasteiger partial charge in [-0.3, -0.25) is 19.2 Å². The molecule has 0 radical (unpaired) electrons. The van der Waals surface area contributed by atoms with Gasteiger partial charge in [0.2, 0.25) is 0 Å². The molecule has 0 fully saturated rings. The average molecular weight is 595 g/mol. The van der Waals surface area contributed by atoms with Crippen LogP contribution < -0.4 is 9.47 Å². The Morgan fingerprint density at radius 2 is 1.17 bits per heavy atom. The third kappa shape index (κ3) is 7.02.